The number of furan rings is 1. The maximum atomic E-state index is 12.0. The number of nitrogens with zero attached hydrogens (tertiary/aromatic N) is 2. The Morgan fingerprint density at radius 3 is 2.26 bits per heavy atom. The van der Waals surface area contributed by atoms with Gasteiger partial charge in [0.2, 0.25) is 0 Å². The number of benzene rings is 1. The van der Waals surface area contributed by atoms with Gasteiger partial charge in [-0.05, 0) is 44.0 Å². The summed E-state index contributed by atoms with van der Waals surface area (Å²) in [5.74, 6) is -3.26. The number of hydrogen-bond acceptors (Lipinski definition) is 7. The SMILES string of the molecule is CCOC(=O)c1ccoc1CN1CCN(c2cccc(C)c2C)CC1.O=C(O)C(=O)O. The van der Waals surface area contributed by atoms with E-state index in [1.165, 1.54) is 16.8 Å². The first-order chi connectivity index (χ1) is 14.7. The van der Waals surface area contributed by atoms with E-state index in [4.69, 9.17) is 29.0 Å². The van der Waals surface area contributed by atoms with Crippen molar-refractivity contribution in [3.63, 3.8) is 0 Å². The normalized spacial score (nSPS) is 13.8. The topological polar surface area (TPSA) is 121 Å². The summed E-state index contributed by atoms with van der Waals surface area (Å²) in [4.78, 5) is 34.9. The van der Waals surface area contributed by atoms with Crippen LogP contribution in [-0.2, 0) is 20.9 Å². The van der Waals surface area contributed by atoms with Crippen LogP contribution in [0.3, 0.4) is 0 Å². The predicted octanol–water partition coefficient (Wildman–Crippen LogP) is 2.55. The fraction of sp³-hybridized carbons (Fsp3) is 0.409. The van der Waals surface area contributed by atoms with Gasteiger partial charge >= 0.3 is 17.9 Å². The second kappa shape index (κ2) is 11.2. The van der Waals surface area contributed by atoms with Crippen LogP contribution in [0.15, 0.2) is 34.9 Å². The molecule has 31 heavy (non-hydrogen) atoms. The standard InChI is InChI=1S/C20H26N2O3.C2H2O4/c1-4-24-20(23)17-8-13-25-19(17)14-21-9-11-22(12-10-21)18-7-5-6-15(2)16(18)3;3-1(4)2(5)6/h5-8,13H,4,9-12,14H2,1-3H3;(H,3,4)(H,5,6). The largest absolute Gasteiger partial charge is 0.473 e. The van der Waals surface area contributed by atoms with Crippen molar-refractivity contribution in [1.82, 2.24) is 4.90 Å². The molecule has 9 heteroatoms. The molecule has 3 rings (SSSR count). The molecule has 0 amide bonds. The van der Waals surface area contributed by atoms with Gasteiger partial charge in [0.05, 0.1) is 19.4 Å². The fourth-order valence-corrected chi connectivity index (χ4v) is 3.28. The summed E-state index contributed by atoms with van der Waals surface area (Å²) in [7, 11) is 0. The van der Waals surface area contributed by atoms with Crippen LogP contribution in [-0.4, -0.2) is 65.8 Å². The molecule has 1 saturated heterocycles. The van der Waals surface area contributed by atoms with Crippen LogP contribution in [0.1, 0.15) is 34.2 Å². The van der Waals surface area contributed by atoms with Gasteiger partial charge < -0.3 is 24.3 Å². The molecular formula is C22H28N2O7. The number of aliphatic carboxylic acids is 2. The molecule has 0 unspecified atom stereocenters. The number of piperazine rings is 1. The first-order valence-corrected chi connectivity index (χ1v) is 9.97. The molecule has 1 aliphatic heterocycles. The quantitative estimate of drug-likeness (QED) is 0.542. The Morgan fingerprint density at radius 1 is 1.03 bits per heavy atom. The lowest BCUT2D eigenvalue weighted by Crippen LogP contribution is -2.46. The minimum Gasteiger partial charge on any atom is -0.473 e. The first-order valence-electron chi connectivity index (χ1n) is 9.97. The molecule has 1 aromatic carbocycles. The zero-order valence-electron chi connectivity index (χ0n) is 18.0. The highest BCUT2D eigenvalue weighted by Gasteiger charge is 2.22. The molecule has 0 atom stereocenters. The maximum absolute atomic E-state index is 12.0. The molecule has 168 valence electrons. The molecule has 0 bridgehead atoms. The smallest absolute Gasteiger partial charge is 0.414 e. The lowest BCUT2D eigenvalue weighted by molar-refractivity contribution is -0.159. The van der Waals surface area contributed by atoms with Gasteiger partial charge in [0.25, 0.3) is 0 Å². The second-order valence-electron chi connectivity index (χ2n) is 7.07. The Morgan fingerprint density at radius 2 is 1.68 bits per heavy atom. The Labute approximate surface area is 180 Å². The van der Waals surface area contributed by atoms with E-state index in [1.54, 1.807) is 12.3 Å². The van der Waals surface area contributed by atoms with E-state index in [1.807, 2.05) is 6.92 Å². The number of aryl methyl sites for hydroxylation is 1. The van der Waals surface area contributed by atoms with Gasteiger partial charge in [-0.2, -0.15) is 0 Å². The fourth-order valence-electron chi connectivity index (χ4n) is 3.28. The molecule has 0 saturated carbocycles. The van der Waals surface area contributed by atoms with E-state index >= 15 is 0 Å². The third kappa shape index (κ3) is 6.58. The van der Waals surface area contributed by atoms with Crippen LogP contribution >= 0.6 is 0 Å². The van der Waals surface area contributed by atoms with E-state index in [0.29, 0.717) is 24.5 Å². The minimum atomic E-state index is -1.82. The van der Waals surface area contributed by atoms with Crippen LogP contribution < -0.4 is 4.90 Å². The zero-order valence-corrected chi connectivity index (χ0v) is 18.0. The summed E-state index contributed by atoms with van der Waals surface area (Å²) in [6.07, 6.45) is 1.56. The minimum absolute atomic E-state index is 0.305. The molecular weight excluding hydrogens is 404 g/mol. The van der Waals surface area contributed by atoms with E-state index in [9.17, 15) is 4.79 Å². The molecule has 2 N–H and O–H groups in total. The van der Waals surface area contributed by atoms with Gasteiger partial charge in [-0.15, -0.1) is 0 Å². The molecule has 0 radical (unpaired) electrons. The molecule has 1 aromatic heterocycles. The Bertz CT molecular complexity index is 902. The van der Waals surface area contributed by atoms with Gasteiger partial charge in [-0.3, -0.25) is 4.90 Å². The number of hydrogen-bond donors (Lipinski definition) is 2. The van der Waals surface area contributed by atoms with Crippen molar-refractivity contribution < 1.29 is 33.8 Å². The maximum Gasteiger partial charge on any atom is 0.414 e. The summed E-state index contributed by atoms with van der Waals surface area (Å²) in [6, 6.07) is 8.17. The number of rotatable bonds is 5. The van der Waals surface area contributed by atoms with E-state index in [0.717, 1.165) is 26.2 Å². The average Bonchev–Trinajstić information content (AvgIpc) is 3.19. The van der Waals surface area contributed by atoms with Crippen LogP contribution in [0.4, 0.5) is 5.69 Å². The predicted molar refractivity (Wildman–Crippen MR) is 113 cm³/mol. The molecule has 0 spiro atoms. The summed E-state index contributed by atoms with van der Waals surface area (Å²) >= 11 is 0. The lowest BCUT2D eigenvalue weighted by Gasteiger charge is -2.36. The highest BCUT2D eigenvalue weighted by Crippen LogP contribution is 2.24. The number of carboxylic acid groups (broad SMARTS) is 2. The van der Waals surface area contributed by atoms with Crippen molar-refractivity contribution in [3.8, 4) is 0 Å². The zero-order chi connectivity index (χ0) is 23.0. The van der Waals surface area contributed by atoms with Crippen molar-refractivity contribution in [3.05, 3.63) is 53.0 Å². The van der Waals surface area contributed by atoms with Crippen LogP contribution in [0.25, 0.3) is 0 Å². The summed E-state index contributed by atoms with van der Waals surface area (Å²) in [5.41, 5.74) is 4.55. The first kappa shape index (κ1) is 23.9. The Balaban J connectivity index is 0.000000501. The van der Waals surface area contributed by atoms with E-state index in [-0.39, 0.29) is 5.97 Å². The highest BCUT2D eigenvalue weighted by molar-refractivity contribution is 6.27. The van der Waals surface area contributed by atoms with E-state index < -0.39 is 11.9 Å². The average molecular weight is 432 g/mol. The number of esters is 1. The third-order valence-corrected chi connectivity index (χ3v) is 5.08. The summed E-state index contributed by atoms with van der Waals surface area (Å²) < 4.78 is 10.6. The van der Waals surface area contributed by atoms with Crippen LogP contribution in [0, 0.1) is 13.8 Å². The number of anilines is 1. The number of ether oxygens (including phenoxy) is 1. The van der Waals surface area contributed by atoms with Crippen LogP contribution in [0.2, 0.25) is 0 Å². The van der Waals surface area contributed by atoms with Gasteiger partial charge in [0.1, 0.15) is 11.3 Å². The Hall–Kier alpha value is -3.33. The number of carboxylic acids is 2. The molecule has 1 aliphatic rings. The Kier molecular flexibility index (Phi) is 8.63. The summed E-state index contributed by atoms with van der Waals surface area (Å²) in [6.45, 7) is 11.0. The van der Waals surface area contributed by atoms with E-state index in [2.05, 4.69) is 41.8 Å². The monoisotopic (exact) mass is 432 g/mol. The third-order valence-electron chi connectivity index (χ3n) is 5.08. The summed E-state index contributed by atoms with van der Waals surface area (Å²) in [5, 5.41) is 14.8. The number of carbonyl (C=O) groups excluding carboxylic acids is 1. The van der Waals surface area contributed by atoms with Crippen molar-refractivity contribution in [2.75, 3.05) is 37.7 Å². The highest BCUT2D eigenvalue weighted by atomic mass is 16.5. The van der Waals surface area contributed by atoms with Crippen molar-refractivity contribution >= 4 is 23.6 Å². The molecule has 1 fully saturated rings. The number of carbonyl (C=O) groups is 3. The van der Waals surface area contributed by atoms with Crippen molar-refractivity contribution in [1.29, 1.82) is 0 Å². The van der Waals surface area contributed by atoms with Gasteiger partial charge in [-0.25, -0.2) is 14.4 Å². The molecule has 9 nitrogen and oxygen atoms in total. The van der Waals surface area contributed by atoms with Gasteiger partial charge in [0, 0.05) is 31.9 Å². The molecule has 2 aromatic rings. The molecule has 0 aliphatic carbocycles. The van der Waals surface area contributed by atoms with Crippen molar-refractivity contribution in [2.45, 2.75) is 27.3 Å². The van der Waals surface area contributed by atoms with Crippen LogP contribution in [0.5, 0.6) is 0 Å². The molecule has 2 heterocycles. The lowest BCUT2D eigenvalue weighted by atomic mass is 10.1. The second-order valence-corrected chi connectivity index (χ2v) is 7.07. The van der Waals surface area contributed by atoms with Gasteiger partial charge in [-0.1, -0.05) is 12.1 Å². The van der Waals surface area contributed by atoms with Gasteiger partial charge in [0.15, 0.2) is 0 Å². The van der Waals surface area contributed by atoms with Crippen molar-refractivity contribution in [2.24, 2.45) is 0 Å².